The molecule has 112 valence electrons. The summed E-state index contributed by atoms with van der Waals surface area (Å²) in [5.41, 5.74) is 0.150. The second-order valence-corrected chi connectivity index (χ2v) is 8.01. The van der Waals surface area contributed by atoms with Crippen molar-refractivity contribution in [3.8, 4) is 0 Å². The number of nitrogens with one attached hydrogen (secondary N) is 1. The van der Waals surface area contributed by atoms with Gasteiger partial charge in [-0.3, -0.25) is 0 Å². The third-order valence-electron chi connectivity index (χ3n) is 7.06. The molecular weight excluding hydrogens is 250 g/mol. The lowest BCUT2D eigenvalue weighted by Crippen LogP contribution is -2.50. The summed E-state index contributed by atoms with van der Waals surface area (Å²) in [6.07, 6.45) is 9.26. The lowest BCUT2D eigenvalue weighted by molar-refractivity contribution is -0.140. The van der Waals surface area contributed by atoms with E-state index in [1.165, 1.54) is 25.7 Å². The van der Waals surface area contributed by atoms with Gasteiger partial charge in [0.2, 0.25) is 0 Å². The van der Waals surface area contributed by atoms with Crippen molar-refractivity contribution >= 4 is 0 Å². The van der Waals surface area contributed by atoms with Crippen LogP contribution in [0, 0.1) is 23.7 Å². The molecule has 0 aromatic carbocycles. The molecule has 2 bridgehead atoms. The van der Waals surface area contributed by atoms with E-state index in [4.69, 9.17) is 9.47 Å². The molecule has 3 nitrogen and oxygen atoms in total. The van der Waals surface area contributed by atoms with Crippen molar-refractivity contribution in [3.05, 3.63) is 0 Å². The van der Waals surface area contributed by atoms with Crippen LogP contribution in [0.15, 0.2) is 0 Å². The smallest absolute Gasteiger partial charge is 0.0741 e. The van der Waals surface area contributed by atoms with Crippen LogP contribution in [0.4, 0.5) is 0 Å². The van der Waals surface area contributed by atoms with Crippen molar-refractivity contribution in [3.63, 3.8) is 0 Å². The highest BCUT2D eigenvalue weighted by molar-refractivity contribution is 5.17. The van der Waals surface area contributed by atoms with Crippen LogP contribution in [0.5, 0.6) is 0 Å². The molecule has 0 aromatic heterocycles. The molecule has 5 unspecified atom stereocenters. The Bertz CT molecular complexity index is 371. The maximum atomic E-state index is 6.17. The van der Waals surface area contributed by atoms with Crippen molar-refractivity contribution in [2.24, 2.45) is 23.7 Å². The Hall–Kier alpha value is -0.120. The Morgan fingerprint density at radius 3 is 2.40 bits per heavy atom. The molecule has 2 heterocycles. The van der Waals surface area contributed by atoms with Gasteiger partial charge >= 0.3 is 0 Å². The molecule has 2 aliphatic heterocycles. The third kappa shape index (κ3) is 1.82. The van der Waals surface area contributed by atoms with E-state index in [1.54, 1.807) is 6.42 Å². The monoisotopic (exact) mass is 277 g/mol. The van der Waals surface area contributed by atoms with Crippen LogP contribution >= 0.6 is 0 Å². The van der Waals surface area contributed by atoms with E-state index in [2.05, 4.69) is 5.32 Å². The topological polar surface area (TPSA) is 30.5 Å². The molecule has 5 aliphatic rings. The van der Waals surface area contributed by atoms with E-state index in [-0.39, 0.29) is 5.60 Å². The summed E-state index contributed by atoms with van der Waals surface area (Å²) in [7, 11) is 0. The van der Waals surface area contributed by atoms with E-state index < -0.39 is 0 Å². The first-order chi connectivity index (χ1) is 9.85. The van der Waals surface area contributed by atoms with Crippen molar-refractivity contribution < 1.29 is 9.47 Å². The number of ether oxygens (including phenoxy) is 2. The molecule has 2 saturated heterocycles. The number of rotatable bonds is 2. The Labute approximate surface area is 121 Å². The average molecular weight is 277 g/mol. The molecular formula is C17H27NO2. The highest BCUT2D eigenvalue weighted by Crippen LogP contribution is 2.65. The fourth-order valence-electron chi connectivity index (χ4n) is 6.08. The van der Waals surface area contributed by atoms with Gasteiger partial charge in [-0.1, -0.05) is 0 Å². The first kappa shape index (κ1) is 12.4. The zero-order chi connectivity index (χ0) is 13.2. The maximum absolute atomic E-state index is 6.17. The van der Waals surface area contributed by atoms with Crippen molar-refractivity contribution in [1.29, 1.82) is 0 Å². The molecule has 5 fully saturated rings. The van der Waals surface area contributed by atoms with Gasteiger partial charge in [0.1, 0.15) is 0 Å². The van der Waals surface area contributed by atoms with Gasteiger partial charge in [0.15, 0.2) is 0 Å². The third-order valence-corrected chi connectivity index (χ3v) is 7.06. The fraction of sp³-hybridized carbons (Fsp3) is 1.00. The number of hydrogen-bond acceptors (Lipinski definition) is 3. The van der Waals surface area contributed by atoms with E-state index in [1.807, 2.05) is 0 Å². The quantitative estimate of drug-likeness (QED) is 0.840. The first-order valence-electron chi connectivity index (χ1n) is 8.82. The minimum absolute atomic E-state index is 0.150. The van der Waals surface area contributed by atoms with Gasteiger partial charge in [-0.25, -0.2) is 0 Å². The molecule has 3 heteroatoms. The standard InChI is InChI=1S/C17H27NO2/c1-2-12-9-11(1)14-15(12)16(14)18-13-3-6-20-17(10-13)4-7-19-8-5-17/h11-16,18H,1-10H2. The number of fused-ring (bicyclic) bond motifs is 5. The molecule has 5 atom stereocenters. The van der Waals surface area contributed by atoms with Crippen LogP contribution in [0.2, 0.25) is 0 Å². The predicted octanol–water partition coefficient (Wildman–Crippen LogP) is 2.35. The van der Waals surface area contributed by atoms with E-state index in [0.29, 0.717) is 6.04 Å². The predicted molar refractivity (Wildman–Crippen MR) is 76.5 cm³/mol. The van der Waals surface area contributed by atoms with Gasteiger partial charge in [-0.05, 0) is 68.6 Å². The van der Waals surface area contributed by atoms with Crippen molar-refractivity contribution in [2.75, 3.05) is 19.8 Å². The summed E-state index contributed by atoms with van der Waals surface area (Å²) in [5.74, 6) is 4.28. The molecule has 0 radical (unpaired) electrons. The Morgan fingerprint density at radius 2 is 1.65 bits per heavy atom. The SMILES string of the molecule is C1CC2(CCO1)CC(NC1C3C4CCC(C4)C13)CCO2. The molecule has 3 aliphatic carbocycles. The summed E-state index contributed by atoms with van der Waals surface area (Å²) in [5, 5.41) is 4.05. The molecule has 0 amide bonds. The van der Waals surface area contributed by atoms with Crippen LogP contribution in [-0.2, 0) is 9.47 Å². The van der Waals surface area contributed by atoms with Gasteiger partial charge in [-0.2, -0.15) is 0 Å². The lowest BCUT2D eigenvalue weighted by atomic mass is 9.84. The van der Waals surface area contributed by atoms with E-state index in [0.717, 1.165) is 62.4 Å². The Balaban J connectivity index is 1.22. The molecule has 0 aromatic rings. The van der Waals surface area contributed by atoms with E-state index >= 15 is 0 Å². The lowest BCUT2D eigenvalue weighted by Gasteiger charge is -2.43. The zero-order valence-corrected chi connectivity index (χ0v) is 12.4. The Kier molecular flexibility index (Phi) is 2.76. The Morgan fingerprint density at radius 1 is 0.900 bits per heavy atom. The highest BCUT2D eigenvalue weighted by Gasteiger charge is 2.65. The summed E-state index contributed by atoms with van der Waals surface area (Å²) in [6, 6.07) is 1.58. The van der Waals surface area contributed by atoms with Gasteiger partial charge in [-0.15, -0.1) is 0 Å². The van der Waals surface area contributed by atoms with Gasteiger partial charge in [0.25, 0.3) is 0 Å². The van der Waals surface area contributed by atoms with Gasteiger partial charge in [0, 0.05) is 31.9 Å². The number of hydrogen-bond donors (Lipinski definition) is 1. The summed E-state index contributed by atoms with van der Waals surface area (Å²) >= 11 is 0. The molecule has 3 saturated carbocycles. The molecule has 5 rings (SSSR count). The van der Waals surface area contributed by atoms with Gasteiger partial charge in [0.05, 0.1) is 5.60 Å². The van der Waals surface area contributed by atoms with E-state index in [9.17, 15) is 0 Å². The van der Waals surface area contributed by atoms with Gasteiger partial charge < -0.3 is 14.8 Å². The van der Waals surface area contributed by atoms with Crippen LogP contribution < -0.4 is 5.32 Å². The summed E-state index contributed by atoms with van der Waals surface area (Å²) < 4.78 is 11.7. The van der Waals surface area contributed by atoms with Crippen LogP contribution in [0.1, 0.15) is 44.9 Å². The van der Waals surface area contributed by atoms with Crippen LogP contribution in [0.3, 0.4) is 0 Å². The van der Waals surface area contributed by atoms with Crippen molar-refractivity contribution in [1.82, 2.24) is 5.32 Å². The minimum Gasteiger partial charge on any atom is -0.381 e. The largest absolute Gasteiger partial charge is 0.381 e. The first-order valence-corrected chi connectivity index (χ1v) is 8.82. The average Bonchev–Trinajstić information content (AvgIpc) is 2.85. The normalized spacial score (nSPS) is 52.2. The highest BCUT2D eigenvalue weighted by atomic mass is 16.5. The second kappa shape index (κ2) is 4.44. The summed E-state index contributed by atoms with van der Waals surface area (Å²) in [4.78, 5) is 0. The molecule has 20 heavy (non-hydrogen) atoms. The fourth-order valence-corrected chi connectivity index (χ4v) is 6.08. The second-order valence-electron chi connectivity index (χ2n) is 8.01. The maximum Gasteiger partial charge on any atom is 0.0741 e. The summed E-state index contributed by atoms with van der Waals surface area (Å²) in [6.45, 7) is 2.74. The zero-order valence-electron chi connectivity index (χ0n) is 12.4. The van der Waals surface area contributed by atoms with Crippen LogP contribution in [-0.4, -0.2) is 37.5 Å². The molecule has 1 spiro atoms. The van der Waals surface area contributed by atoms with Crippen molar-refractivity contribution in [2.45, 2.75) is 62.6 Å². The molecule has 1 N–H and O–H groups in total. The minimum atomic E-state index is 0.150. The van der Waals surface area contributed by atoms with Crippen LogP contribution in [0.25, 0.3) is 0 Å².